The van der Waals surface area contributed by atoms with Crippen LogP contribution in [0.2, 0.25) is 5.02 Å². The van der Waals surface area contributed by atoms with Crippen LogP contribution in [-0.4, -0.2) is 7.05 Å². The Labute approximate surface area is 117 Å². The van der Waals surface area contributed by atoms with Gasteiger partial charge in [-0.2, -0.15) is 0 Å². The fourth-order valence-electron chi connectivity index (χ4n) is 2.63. The van der Waals surface area contributed by atoms with Crippen molar-refractivity contribution in [3.63, 3.8) is 0 Å². The number of thioether (sulfide) groups is 1. The van der Waals surface area contributed by atoms with Gasteiger partial charge in [-0.3, -0.25) is 0 Å². The molecule has 1 fully saturated rings. The molecule has 1 saturated carbocycles. The Bertz CT molecular complexity index is 504. The summed E-state index contributed by atoms with van der Waals surface area (Å²) in [6, 6.07) is 8.23. The van der Waals surface area contributed by atoms with Crippen LogP contribution in [0.15, 0.2) is 40.8 Å². The van der Waals surface area contributed by atoms with E-state index in [1.54, 1.807) is 11.8 Å². The molecule has 1 N–H and O–H groups in total. The smallest absolute Gasteiger partial charge is 0.0683 e. The van der Waals surface area contributed by atoms with Gasteiger partial charge in [0.25, 0.3) is 0 Å². The highest BCUT2D eigenvalue weighted by Crippen LogP contribution is 2.48. The topological polar surface area (TPSA) is 12.0 Å². The summed E-state index contributed by atoms with van der Waals surface area (Å²) in [6.07, 6.45) is 4.99. The quantitative estimate of drug-likeness (QED) is 0.853. The number of hydrogen-bond donors (Lipinski definition) is 1. The van der Waals surface area contributed by atoms with Gasteiger partial charge in [-0.15, -0.1) is 0 Å². The van der Waals surface area contributed by atoms with Crippen molar-refractivity contribution in [1.29, 1.82) is 0 Å². The predicted octanol–water partition coefficient (Wildman–Crippen LogP) is 4.51. The molecule has 0 amide bonds. The van der Waals surface area contributed by atoms with Gasteiger partial charge in [-0.1, -0.05) is 41.6 Å². The number of rotatable bonds is 2. The molecule has 3 heteroatoms. The lowest BCUT2D eigenvalue weighted by Crippen LogP contribution is -2.25. The minimum atomic E-state index is 0.685. The number of nitrogens with one attached hydrogen (secondary N) is 1. The maximum absolute atomic E-state index is 5.96. The largest absolute Gasteiger partial charge is 0.383 e. The highest BCUT2D eigenvalue weighted by Gasteiger charge is 2.34. The fourth-order valence-corrected chi connectivity index (χ4v) is 3.69. The van der Waals surface area contributed by atoms with Crippen LogP contribution in [0.4, 0.5) is 0 Å². The molecular formula is C15H16ClNS. The molecule has 2 unspecified atom stereocenters. The van der Waals surface area contributed by atoms with E-state index in [1.807, 2.05) is 19.2 Å². The first kappa shape index (κ1) is 12.2. The van der Waals surface area contributed by atoms with Crippen LogP contribution in [0.1, 0.15) is 18.4 Å². The first-order valence-electron chi connectivity index (χ1n) is 6.30. The molecule has 0 saturated heterocycles. The van der Waals surface area contributed by atoms with E-state index in [1.165, 1.54) is 29.0 Å². The van der Waals surface area contributed by atoms with Crippen molar-refractivity contribution in [3.05, 3.63) is 51.4 Å². The van der Waals surface area contributed by atoms with E-state index in [0.29, 0.717) is 11.8 Å². The number of fused-ring (bicyclic) bond motifs is 1. The van der Waals surface area contributed by atoms with E-state index in [2.05, 4.69) is 28.9 Å². The summed E-state index contributed by atoms with van der Waals surface area (Å²) in [7, 11) is 1.99. The van der Waals surface area contributed by atoms with E-state index in [4.69, 9.17) is 11.6 Å². The summed E-state index contributed by atoms with van der Waals surface area (Å²) < 4.78 is 0. The van der Waals surface area contributed by atoms with Crippen molar-refractivity contribution in [1.82, 2.24) is 5.32 Å². The van der Waals surface area contributed by atoms with Gasteiger partial charge in [0.1, 0.15) is 0 Å². The molecule has 0 radical (unpaired) electrons. The van der Waals surface area contributed by atoms with Crippen molar-refractivity contribution in [2.75, 3.05) is 7.05 Å². The average Bonchev–Trinajstić information content (AvgIpc) is 2.48. The van der Waals surface area contributed by atoms with E-state index in [-0.39, 0.29) is 0 Å². The Morgan fingerprint density at radius 2 is 2.00 bits per heavy atom. The van der Waals surface area contributed by atoms with Crippen molar-refractivity contribution < 1.29 is 0 Å². The second-order valence-electron chi connectivity index (χ2n) is 4.83. The Morgan fingerprint density at radius 3 is 2.61 bits per heavy atom. The summed E-state index contributed by atoms with van der Waals surface area (Å²) in [5, 5.41) is 7.65. The van der Waals surface area contributed by atoms with Crippen LogP contribution >= 0.6 is 23.4 Å². The standard InChI is InChI=1S/C15H16ClNS/c1-17-15-8-11-4-7-13(11)14(9-18-15)10-2-5-12(16)6-3-10/h2-3,5-6,8-9,11,13,17H,4,7H2,1H3. The molecule has 18 heavy (non-hydrogen) atoms. The third-order valence-electron chi connectivity index (χ3n) is 3.83. The third-order valence-corrected chi connectivity index (χ3v) is 5.05. The van der Waals surface area contributed by atoms with E-state index < -0.39 is 0 Å². The first-order valence-corrected chi connectivity index (χ1v) is 7.56. The van der Waals surface area contributed by atoms with Crippen LogP contribution in [-0.2, 0) is 0 Å². The van der Waals surface area contributed by atoms with Gasteiger partial charge in [0, 0.05) is 12.1 Å². The molecule has 0 spiro atoms. The van der Waals surface area contributed by atoms with E-state index in [9.17, 15) is 0 Å². The molecule has 2 aliphatic rings. The van der Waals surface area contributed by atoms with Crippen molar-refractivity contribution in [2.45, 2.75) is 12.8 Å². The second-order valence-corrected chi connectivity index (χ2v) is 6.17. The SMILES string of the molecule is CNC1=CC2CCC2C(c2ccc(Cl)cc2)=CS1. The Kier molecular flexibility index (Phi) is 3.40. The van der Waals surface area contributed by atoms with Gasteiger partial charge in [0.15, 0.2) is 0 Å². The van der Waals surface area contributed by atoms with E-state index in [0.717, 1.165) is 5.02 Å². The highest BCUT2D eigenvalue weighted by molar-refractivity contribution is 8.05. The molecule has 0 aromatic heterocycles. The maximum atomic E-state index is 5.96. The Hall–Kier alpha value is -0.860. The lowest BCUT2D eigenvalue weighted by molar-refractivity contribution is 0.297. The van der Waals surface area contributed by atoms with Crippen LogP contribution in [0.25, 0.3) is 5.57 Å². The summed E-state index contributed by atoms with van der Waals surface area (Å²) in [4.78, 5) is 0. The monoisotopic (exact) mass is 277 g/mol. The van der Waals surface area contributed by atoms with Gasteiger partial charge in [-0.05, 0) is 53.4 Å². The summed E-state index contributed by atoms with van der Waals surface area (Å²) in [5.74, 6) is 1.38. The van der Waals surface area contributed by atoms with Crippen molar-refractivity contribution >= 4 is 28.9 Å². The van der Waals surface area contributed by atoms with Gasteiger partial charge >= 0.3 is 0 Å². The summed E-state index contributed by atoms with van der Waals surface area (Å²) in [5.41, 5.74) is 2.78. The molecule has 0 bridgehead atoms. The molecule has 2 atom stereocenters. The maximum Gasteiger partial charge on any atom is 0.0683 e. The number of allylic oxidation sites excluding steroid dienone is 2. The first-order chi connectivity index (χ1) is 8.78. The number of hydrogen-bond acceptors (Lipinski definition) is 2. The molecule has 3 rings (SSSR count). The molecule has 1 heterocycles. The summed E-state index contributed by atoms with van der Waals surface area (Å²) >= 11 is 7.76. The molecule has 1 nitrogen and oxygen atoms in total. The zero-order chi connectivity index (χ0) is 12.5. The minimum Gasteiger partial charge on any atom is -0.383 e. The van der Waals surface area contributed by atoms with Gasteiger partial charge in [0.05, 0.1) is 5.03 Å². The van der Waals surface area contributed by atoms with Crippen LogP contribution in [0.5, 0.6) is 0 Å². The molecule has 1 aromatic rings. The van der Waals surface area contributed by atoms with Crippen molar-refractivity contribution in [2.24, 2.45) is 11.8 Å². The van der Waals surface area contributed by atoms with E-state index >= 15 is 0 Å². The van der Waals surface area contributed by atoms with Crippen LogP contribution < -0.4 is 5.32 Å². The van der Waals surface area contributed by atoms with Crippen LogP contribution in [0.3, 0.4) is 0 Å². The molecule has 1 aromatic carbocycles. The zero-order valence-corrected chi connectivity index (χ0v) is 11.9. The number of benzene rings is 1. The van der Waals surface area contributed by atoms with Gasteiger partial charge < -0.3 is 5.32 Å². The van der Waals surface area contributed by atoms with Crippen LogP contribution in [0, 0.1) is 11.8 Å². The highest BCUT2D eigenvalue weighted by atomic mass is 35.5. The molecule has 94 valence electrons. The molecular weight excluding hydrogens is 262 g/mol. The predicted molar refractivity (Wildman–Crippen MR) is 80.4 cm³/mol. The second kappa shape index (κ2) is 5.02. The Balaban J connectivity index is 1.92. The average molecular weight is 278 g/mol. The number of halogens is 1. The lowest BCUT2D eigenvalue weighted by Gasteiger charge is -2.36. The van der Waals surface area contributed by atoms with Crippen molar-refractivity contribution in [3.8, 4) is 0 Å². The Morgan fingerprint density at radius 1 is 1.22 bits per heavy atom. The molecule has 1 aliphatic carbocycles. The van der Waals surface area contributed by atoms with Gasteiger partial charge in [0.2, 0.25) is 0 Å². The van der Waals surface area contributed by atoms with Gasteiger partial charge in [-0.25, -0.2) is 0 Å². The normalized spacial score (nSPS) is 26.3. The lowest BCUT2D eigenvalue weighted by atomic mass is 9.68. The fraction of sp³-hybridized carbons (Fsp3) is 0.333. The third kappa shape index (κ3) is 2.19. The zero-order valence-electron chi connectivity index (χ0n) is 10.3. The molecule has 1 aliphatic heterocycles. The summed E-state index contributed by atoms with van der Waals surface area (Å²) in [6.45, 7) is 0. The minimum absolute atomic E-state index is 0.685.